The first-order valence-electron chi connectivity index (χ1n) is 46.6. The van der Waals surface area contributed by atoms with Crippen molar-refractivity contribution in [3.05, 3.63) is 456 Å². The van der Waals surface area contributed by atoms with Gasteiger partial charge in [0.2, 0.25) is 0 Å². The molecule has 12 heteroatoms. The molecule has 0 spiro atoms. The summed E-state index contributed by atoms with van der Waals surface area (Å²) < 4.78 is 0. The van der Waals surface area contributed by atoms with Crippen molar-refractivity contribution < 1.29 is 0 Å². The Morgan fingerprint density at radius 2 is 0.287 bits per heavy atom. The van der Waals surface area contributed by atoms with Crippen LogP contribution in [0.2, 0.25) is 0 Å². The van der Waals surface area contributed by atoms with E-state index in [0.717, 1.165) is 78.7 Å². The van der Waals surface area contributed by atoms with E-state index in [2.05, 4.69) is 400 Å². The highest BCUT2D eigenvalue weighted by Gasteiger charge is 2.40. The van der Waals surface area contributed by atoms with Gasteiger partial charge in [0.05, 0.1) is 0 Å². The fourth-order valence-electron chi connectivity index (χ4n) is 19.8. The van der Waals surface area contributed by atoms with E-state index in [1.165, 1.54) is 117 Å². The average Bonchev–Trinajstić information content (AvgIpc) is 1.59. The second kappa shape index (κ2) is 35.3. The monoisotopic (exact) mass is 1760 g/mol. The Morgan fingerprint density at radius 1 is 0.132 bits per heavy atom. The van der Waals surface area contributed by atoms with E-state index < -0.39 is 0 Å². The lowest BCUT2D eigenvalue weighted by Crippen LogP contribution is -2.15. The van der Waals surface area contributed by atoms with Crippen LogP contribution in [0.1, 0.15) is 123 Å². The van der Waals surface area contributed by atoms with Crippen LogP contribution in [-0.4, -0.2) is 59.8 Å². The second-order valence-electron chi connectivity index (χ2n) is 37.7. The molecule has 24 rings (SSSR count). The lowest BCUT2D eigenvalue weighted by atomic mass is 9.82. The van der Waals surface area contributed by atoms with Gasteiger partial charge in [0.25, 0.3) is 0 Å². The molecule has 0 atom stereocenters. The number of hydrogen-bond donors (Lipinski definition) is 0. The SMILES string of the molecule is Cc1ccc(-c2nc(-c3ccc(-c4ccccc4)cc3)nc(-c3ccc4c(c3)C(C)(C)c3ccccc3-4)n2)cc1.Cc1ccc(-c2nc(-c3ccccc3)nc(-c3ccc4c(c3)C(C)(C)c3ccccc3-4)n2)cc1.Cc1nc(-c2ccc(-c3ccccc3)cc2)nc(-c2ccc3c(c2)C(C)(C)c2ccccc2-3)n1.Cc1nc(-c2ccccc2)nc(-c2ccc3c(c2)C(C)(C)c2ccccc2-3)n1. The van der Waals surface area contributed by atoms with Gasteiger partial charge in [0.1, 0.15) is 11.6 Å². The maximum atomic E-state index is 5.02. The van der Waals surface area contributed by atoms with Crippen molar-refractivity contribution in [2.24, 2.45) is 0 Å². The molecule has 4 aromatic heterocycles. The molecule has 0 saturated carbocycles. The summed E-state index contributed by atoms with van der Waals surface area (Å²) in [5.74, 6) is 8.39. The number of fused-ring (bicyclic) bond motifs is 12. The first-order valence-corrected chi connectivity index (χ1v) is 46.6. The zero-order valence-electron chi connectivity index (χ0n) is 78.3. The standard InChI is InChI=1S/C37H29N3.2C31H25N3.C25H21N3/c1-24-13-15-27(16-14-24)34-38-35(28-19-17-26(18-20-28)25-9-5-4-6-10-25)40-36(39-34)29-21-22-31-30-11-7-8-12-32(30)37(2,3)33(31)23-29;1-20-32-29(23-15-13-22(14-16-23)21-9-5-4-6-10-21)34-30(33-20)24-17-18-26-25-11-7-8-12-27(25)31(2,3)28(26)19-24;1-20-13-15-22(16-14-20)29-32-28(21-9-5-4-6-10-21)33-30(34-29)23-17-18-25-24-11-7-8-12-26(24)31(2,3)27(25)19-23;1-16-26-23(17-9-5-4-6-10-17)28-24(27-16)18-13-14-20-19-11-7-8-12-21(19)25(2,3)22(20)15-18/h4-23H,1-3H3;2*4-19H,1-3H3;4-15H,1-3H3. The van der Waals surface area contributed by atoms with Gasteiger partial charge in [0.15, 0.2) is 58.2 Å². The predicted molar refractivity (Wildman–Crippen MR) is 554 cm³/mol. The molecule has 0 bridgehead atoms. The van der Waals surface area contributed by atoms with Crippen molar-refractivity contribution in [1.29, 1.82) is 0 Å². The van der Waals surface area contributed by atoms with Crippen LogP contribution in [0.3, 0.4) is 0 Å². The highest BCUT2D eigenvalue weighted by Crippen LogP contribution is 2.54. The third-order valence-corrected chi connectivity index (χ3v) is 27.3. The Labute approximate surface area is 795 Å². The minimum Gasteiger partial charge on any atom is -0.213 e. The fourth-order valence-corrected chi connectivity index (χ4v) is 19.8. The molecule has 16 aromatic carbocycles. The summed E-state index contributed by atoms with van der Waals surface area (Å²) >= 11 is 0. The van der Waals surface area contributed by atoms with Crippen LogP contribution in [0, 0.1) is 27.7 Å². The van der Waals surface area contributed by atoms with Crippen LogP contribution in [-0.2, 0) is 21.7 Å². The second-order valence-corrected chi connectivity index (χ2v) is 37.7. The Bertz CT molecular complexity index is 7950. The number of rotatable bonds is 12. The van der Waals surface area contributed by atoms with Crippen molar-refractivity contribution in [3.8, 4) is 181 Å². The number of nitrogens with zero attached hydrogens (tertiary/aromatic N) is 12. The minimum atomic E-state index is -0.0924. The van der Waals surface area contributed by atoms with Crippen LogP contribution in [0.5, 0.6) is 0 Å². The molecule has 0 saturated heterocycles. The van der Waals surface area contributed by atoms with Gasteiger partial charge in [-0.3, -0.25) is 0 Å². The molecular formula is C124H100N12. The number of hydrogen-bond acceptors (Lipinski definition) is 12. The molecule has 0 radical (unpaired) electrons. The molecule has 0 amide bonds. The van der Waals surface area contributed by atoms with Gasteiger partial charge in [-0.2, -0.15) is 0 Å². The molecule has 0 unspecified atom stereocenters. The van der Waals surface area contributed by atoms with Gasteiger partial charge in [-0.25, -0.2) is 59.8 Å². The van der Waals surface area contributed by atoms with Gasteiger partial charge >= 0.3 is 0 Å². The van der Waals surface area contributed by atoms with Gasteiger partial charge in [-0.15, -0.1) is 0 Å². The van der Waals surface area contributed by atoms with E-state index in [9.17, 15) is 0 Å². The number of aryl methyl sites for hydroxylation is 4. The molecule has 4 heterocycles. The maximum Gasteiger partial charge on any atom is 0.164 e. The normalized spacial score (nSPS) is 13.4. The topological polar surface area (TPSA) is 155 Å². The molecule has 0 N–H and O–H groups in total. The van der Waals surface area contributed by atoms with E-state index in [0.29, 0.717) is 52.4 Å². The molecule has 656 valence electrons. The first-order chi connectivity index (χ1) is 66.0. The molecule has 4 aliphatic rings. The molecular weight excluding hydrogens is 1660 g/mol. The first kappa shape index (κ1) is 86.3. The molecule has 0 aliphatic heterocycles. The van der Waals surface area contributed by atoms with Crippen molar-refractivity contribution >= 4 is 0 Å². The number of benzene rings is 16. The largest absolute Gasteiger partial charge is 0.213 e. The summed E-state index contributed by atoms with van der Waals surface area (Å²) in [5, 5.41) is 0. The average molecular weight is 1760 g/mol. The van der Waals surface area contributed by atoms with E-state index in [1.807, 2.05) is 86.6 Å². The quantitative estimate of drug-likeness (QED) is 0.114. The Hall–Kier alpha value is -16.4. The van der Waals surface area contributed by atoms with Crippen LogP contribution in [0.4, 0.5) is 0 Å². The molecule has 20 aromatic rings. The van der Waals surface area contributed by atoms with Gasteiger partial charge in [-0.1, -0.05) is 430 Å². The molecule has 4 aliphatic carbocycles. The third kappa shape index (κ3) is 16.5. The van der Waals surface area contributed by atoms with Crippen LogP contribution >= 0.6 is 0 Å². The van der Waals surface area contributed by atoms with Crippen LogP contribution < -0.4 is 0 Å². The zero-order chi connectivity index (χ0) is 93.1. The van der Waals surface area contributed by atoms with Crippen LogP contribution in [0.15, 0.2) is 388 Å². The summed E-state index contributed by atoms with van der Waals surface area (Å²) in [6.45, 7) is 26.4. The van der Waals surface area contributed by atoms with Crippen molar-refractivity contribution in [3.63, 3.8) is 0 Å². The third-order valence-electron chi connectivity index (χ3n) is 27.3. The van der Waals surface area contributed by atoms with E-state index in [1.54, 1.807) is 0 Å². The Morgan fingerprint density at radius 3 is 0.529 bits per heavy atom. The maximum absolute atomic E-state index is 5.02. The lowest BCUT2D eigenvalue weighted by molar-refractivity contribution is 0.660. The van der Waals surface area contributed by atoms with Crippen LogP contribution in [0.25, 0.3) is 181 Å². The van der Waals surface area contributed by atoms with Gasteiger partial charge in [-0.05, 0) is 163 Å². The summed E-state index contributed by atoms with van der Waals surface area (Å²) in [4.78, 5) is 57.8. The smallest absolute Gasteiger partial charge is 0.164 e. The Balaban J connectivity index is 0.000000109. The predicted octanol–water partition coefficient (Wildman–Crippen LogP) is 29.9. The van der Waals surface area contributed by atoms with E-state index in [-0.39, 0.29) is 21.7 Å². The summed E-state index contributed by atoms with van der Waals surface area (Å²) in [5.41, 5.74) is 38.0. The Kier molecular flexibility index (Phi) is 22.4. The van der Waals surface area contributed by atoms with E-state index in [4.69, 9.17) is 44.9 Å². The molecule has 12 nitrogen and oxygen atoms in total. The number of aromatic nitrogens is 12. The van der Waals surface area contributed by atoms with E-state index >= 15 is 0 Å². The van der Waals surface area contributed by atoms with Gasteiger partial charge in [0, 0.05) is 77.3 Å². The fraction of sp³-hybridized carbons (Fsp3) is 0.129. The van der Waals surface area contributed by atoms with Crippen molar-refractivity contribution in [2.45, 2.75) is 105 Å². The highest BCUT2D eigenvalue weighted by molar-refractivity contribution is 5.88. The summed E-state index contributed by atoms with van der Waals surface area (Å²) in [6, 6.07) is 136. The lowest BCUT2D eigenvalue weighted by Gasteiger charge is -2.21. The summed E-state index contributed by atoms with van der Waals surface area (Å²) in [7, 11) is 0. The minimum absolute atomic E-state index is 0.0354. The highest BCUT2D eigenvalue weighted by atomic mass is 15.1. The molecule has 136 heavy (non-hydrogen) atoms. The molecule has 0 fully saturated rings. The zero-order valence-corrected chi connectivity index (χ0v) is 78.3. The summed E-state index contributed by atoms with van der Waals surface area (Å²) in [6.07, 6.45) is 0. The van der Waals surface area contributed by atoms with Crippen molar-refractivity contribution in [1.82, 2.24) is 59.8 Å². The van der Waals surface area contributed by atoms with Gasteiger partial charge < -0.3 is 0 Å². The van der Waals surface area contributed by atoms with Crippen molar-refractivity contribution in [2.75, 3.05) is 0 Å².